The number of aryl methyl sites for hydroxylation is 1. The predicted molar refractivity (Wildman–Crippen MR) is 69.4 cm³/mol. The number of rotatable bonds is 4. The molecule has 94 valence electrons. The van der Waals surface area contributed by atoms with Crippen molar-refractivity contribution >= 4 is 0 Å². The fraction of sp³-hybridized carbons (Fsp3) is 0.357. The smallest absolute Gasteiger partial charge is 0.119 e. The Morgan fingerprint density at radius 2 is 2.39 bits per heavy atom. The van der Waals surface area contributed by atoms with E-state index in [1.165, 1.54) is 11.1 Å². The summed E-state index contributed by atoms with van der Waals surface area (Å²) in [6.07, 6.45) is 5.82. The molecule has 0 fully saturated rings. The first-order valence-corrected chi connectivity index (χ1v) is 6.31. The Morgan fingerprint density at radius 1 is 1.44 bits per heavy atom. The van der Waals surface area contributed by atoms with Crippen molar-refractivity contribution in [2.75, 3.05) is 6.61 Å². The second-order valence-electron chi connectivity index (χ2n) is 4.62. The Balaban J connectivity index is 1.60. The highest BCUT2D eigenvalue weighted by Crippen LogP contribution is 2.31. The van der Waals surface area contributed by atoms with E-state index in [9.17, 15) is 0 Å². The first-order valence-electron chi connectivity index (χ1n) is 6.31. The van der Waals surface area contributed by atoms with Gasteiger partial charge in [0.2, 0.25) is 0 Å². The molecular formula is C14H17N3O. The van der Waals surface area contributed by atoms with Crippen LogP contribution in [0, 0.1) is 0 Å². The second kappa shape index (κ2) is 4.82. The molecule has 0 saturated carbocycles. The molecule has 1 heterocycles. The first kappa shape index (κ1) is 11.3. The van der Waals surface area contributed by atoms with E-state index in [0.29, 0.717) is 6.61 Å². The number of hydrogen-bond acceptors (Lipinski definition) is 3. The van der Waals surface area contributed by atoms with Gasteiger partial charge >= 0.3 is 0 Å². The summed E-state index contributed by atoms with van der Waals surface area (Å²) < 4.78 is 7.60. The van der Waals surface area contributed by atoms with Crippen LogP contribution in [0.2, 0.25) is 0 Å². The maximum atomic E-state index is 6.01. The van der Waals surface area contributed by atoms with E-state index in [1.807, 2.05) is 23.0 Å². The monoisotopic (exact) mass is 243 g/mol. The van der Waals surface area contributed by atoms with E-state index in [4.69, 9.17) is 10.5 Å². The van der Waals surface area contributed by atoms with E-state index >= 15 is 0 Å². The van der Waals surface area contributed by atoms with Crippen molar-refractivity contribution in [1.29, 1.82) is 0 Å². The Morgan fingerprint density at radius 3 is 3.22 bits per heavy atom. The third-order valence-corrected chi connectivity index (χ3v) is 3.39. The normalized spacial score (nSPS) is 17.7. The maximum Gasteiger partial charge on any atom is 0.119 e. The van der Waals surface area contributed by atoms with E-state index in [2.05, 4.69) is 17.2 Å². The van der Waals surface area contributed by atoms with Crippen molar-refractivity contribution in [3.63, 3.8) is 0 Å². The molecule has 0 aliphatic heterocycles. The van der Waals surface area contributed by atoms with Crippen LogP contribution in [0.1, 0.15) is 23.6 Å². The number of nitrogens with two attached hydrogens (primary N) is 1. The van der Waals surface area contributed by atoms with Crippen molar-refractivity contribution < 1.29 is 4.74 Å². The molecule has 2 aromatic rings. The molecule has 4 heteroatoms. The fourth-order valence-electron chi connectivity index (χ4n) is 2.41. The van der Waals surface area contributed by atoms with Crippen molar-refractivity contribution in [1.82, 2.24) is 9.78 Å². The average Bonchev–Trinajstić information content (AvgIpc) is 3.00. The highest BCUT2D eigenvalue weighted by Gasteiger charge is 2.18. The standard InChI is InChI=1S/C14H17N3O/c15-14-5-2-11-10-12(3-4-13(11)14)18-9-8-17-7-1-6-16-17/h1,3-4,6-7,10,14H,2,5,8-9,15H2. The van der Waals surface area contributed by atoms with Gasteiger partial charge in [-0.3, -0.25) is 4.68 Å². The lowest BCUT2D eigenvalue weighted by Crippen LogP contribution is -2.09. The minimum Gasteiger partial charge on any atom is -0.492 e. The predicted octanol–water partition coefficient (Wildman–Crippen LogP) is 1.91. The molecule has 4 nitrogen and oxygen atoms in total. The summed E-state index contributed by atoms with van der Waals surface area (Å²) in [4.78, 5) is 0. The average molecular weight is 243 g/mol. The summed E-state index contributed by atoms with van der Waals surface area (Å²) in [5.74, 6) is 0.926. The van der Waals surface area contributed by atoms with Crippen molar-refractivity contribution in [2.45, 2.75) is 25.4 Å². The van der Waals surface area contributed by atoms with Crippen molar-refractivity contribution in [3.8, 4) is 5.75 Å². The van der Waals surface area contributed by atoms with E-state index < -0.39 is 0 Å². The van der Waals surface area contributed by atoms with Gasteiger partial charge in [-0.1, -0.05) is 6.07 Å². The lowest BCUT2D eigenvalue weighted by Gasteiger charge is -2.09. The highest BCUT2D eigenvalue weighted by atomic mass is 16.5. The van der Waals surface area contributed by atoms with Gasteiger partial charge in [0.25, 0.3) is 0 Å². The molecule has 0 bridgehead atoms. The molecule has 1 aromatic heterocycles. The van der Waals surface area contributed by atoms with Gasteiger partial charge < -0.3 is 10.5 Å². The molecule has 1 atom stereocenters. The molecule has 0 radical (unpaired) electrons. The Hall–Kier alpha value is -1.81. The van der Waals surface area contributed by atoms with Gasteiger partial charge in [-0.2, -0.15) is 5.10 Å². The highest BCUT2D eigenvalue weighted by molar-refractivity contribution is 5.40. The largest absolute Gasteiger partial charge is 0.492 e. The summed E-state index contributed by atoms with van der Waals surface area (Å²) in [6.45, 7) is 1.40. The SMILES string of the molecule is NC1CCc2cc(OCCn3cccn3)ccc21. The van der Waals surface area contributed by atoms with Crippen molar-refractivity contribution in [2.24, 2.45) is 5.73 Å². The third kappa shape index (κ3) is 2.24. The summed E-state index contributed by atoms with van der Waals surface area (Å²) >= 11 is 0. The zero-order valence-corrected chi connectivity index (χ0v) is 10.2. The molecule has 0 amide bonds. The molecule has 0 saturated heterocycles. The lowest BCUT2D eigenvalue weighted by atomic mass is 10.1. The third-order valence-electron chi connectivity index (χ3n) is 3.39. The van der Waals surface area contributed by atoms with Gasteiger partial charge in [-0.25, -0.2) is 0 Å². The zero-order chi connectivity index (χ0) is 12.4. The molecular weight excluding hydrogens is 226 g/mol. The molecule has 1 aliphatic carbocycles. The molecule has 0 spiro atoms. The minimum absolute atomic E-state index is 0.207. The Kier molecular flexibility index (Phi) is 3.02. The Bertz CT molecular complexity index is 522. The zero-order valence-electron chi connectivity index (χ0n) is 10.2. The summed E-state index contributed by atoms with van der Waals surface area (Å²) in [6, 6.07) is 8.34. The minimum atomic E-state index is 0.207. The van der Waals surface area contributed by atoms with Crippen LogP contribution in [-0.4, -0.2) is 16.4 Å². The molecule has 3 rings (SSSR count). The first-order chi connectivity index (χ1) is 8.83. The van der Waals surface area contributed by atoms with Crippen LogP contribution in [0.3, 0.4) is 0 Å². The molecule has 1 aromatic carbocycles. The van der Waals surface area contributed by atoms with E-state index in [-0.39, 0.29) is 6.04 Å². The van der Waals surface area contributed by atoms with Crippen LogP contribution >= 0.6 is 0 Å². The quantitative estimate of drug-likeness (QED) is 0.892. The molecule has 18 heavy (non-hydrogen) atoms. The summed E-state index contributed by atoms with van der Waals surface area (Å²) in [5.41, 5.74) is 8.61. The van der Waals surface area contributed by atoms with Gasteiger partial charge in [-0.05, 0) is 42.2 Å². The van der Waals surface area contributed by atoms with Gasteiger partial charge in [0.1, 0.15) is 12.4 Å². The fourth-order valence-corrected chi connectivity index (χ4v) is 2.41. The topological polar surface area (TPSA) is 53.1 Å². The number of ether oxygens (including phenoxy) is 1. The van der Waals surface area contributed by atoms with Crippen LogP contribution < -0.4 is 10.5 Å². The van der Waals surface area contributed by atoms with Gasteiger partial charge in [0, 0.05) is 18.4 Å². The summed E-state index contributed by atoms with van der Waals surface area (Å²) in [7, 11) is 0. The number of benzene rings is 1. The van der Waals surface area contributed by atoms with E-state index in [0.717, 1.165) is 25.1 Å². The van der Waals surface area contributed by atoms with Gasteiger partial charge in [0.15, 0.2) is 0 Å². The van der Waals surface area contributed by atoms with Crippen LogP contribution in [0.25, 0.3) is 0 Å². The van der Waals surface area contributed by atoms with Crippen LogP contribution in [-0.2, 0) is 13.0 Å². The van der Waals surface area contributed by atoms with E-state index in [1.54, 1.807) is 6.20 Å². The van der Waals surface area contributed by atoms with Crippen LogP contribution in [0.15, 0.2) is 36.7 Å². The maximum absolute atomic E-state index is 6.01. The molecule has 1 unspecified atom stereocenters. The number of aromatic nitrogens is 2. The van der Waals surface area contributed by atoms with Crippen molar-refractivity contribution in [3.05, 3.63) is 47.8 Å². The number of nitrogens with zero attached hydrogens (tertiary/aromatic N) is 2. The Labute approximate surface area is 106 Å². The van der Waals surface area contributed by atoms with Crippen LogP contribution in [0.4, 0.5) is 0 Å². The number of hydrogen-bond donors (Lipinski definition) is 1. The lowest BCUT2D eigenvalue weighted by molar-refractivity contribution is 0.291. The molecule has 1 aliphatic rings. The van der Waals surface area contributed by atoms with Gasteiger partial charge in [0.05, 0.1) is 6.54 Å². The van der Waals surface area contributed by atoms with Gasteiger partial charge in [-0.15, -0.1) is 0 Å². The van der Waals surface area contributed by atoms with Crippen LogP contribution in [0.5, 0.6) is 5.75 Å². The second-order valence-corrected chi connectivity index (χ2v) is 4.62. The number of fused-ring (bicyclic) bond motifs is 1. The molecule has 2 N–H and O–H groups in total. The summed E-state index contributed by atoms with van der Waals surface area (Å²) in [5, 5.41) is 4.14.